The van der Waals surface area contributed by atoms with Crippen molar-refractivity contribution in [3.8, 4) is 0 Å². The van der Waals surface area contributed by atoms with Crippen molar-refractivity contribution < 1.29 is 9.53 Å². The maximum Gasteiger partial charge on any atom is 0.404 e. The van der Waals surface area contributed by atoms with E-state index in [9.17, 15) is 4.79 Å². The van der Waals surface area contributed by atoms with Crippen LogP contribution in [0.25, 0.3) is 0 Å². The summed E-state index contributed by atoms with van der Waals surface area (Å²) in [5.74, 6) is 0. The lowest BCUT2D eigenvalue weighted by atomic mass is 9.68. The van der Waals surface area contributed by atoms with Crippen LogP contribution in [0.2, 0.25) is 0 Å². The summed E-state index contributed by atoms with van der Waals surface area (Å²) in [5, 5.41) is 0. The van der Waals surface area contributed by atoms with Gasteiger partial charge in [0.25, 0.3) is 0 Å². The first-order valence-corrected chi connectivity index (χ1v) is 5.70. The number of ether oxygens (including phenoxy) is 1. The Bertz CT molecular complexity index is 237. The van der Waals surface area contributed by atoms with Gasteiger partial charge in [-0.15, -0.1) is 0 Å². The molecule has 96 valence electrons. The Labute approximate surface area is 99.1 Å². The van der Waals surface area contributed by atoms with Gasteiger partial charge in [-0.25, -0.2) is 4.79 Å². The average Bonchev–Trinajstić information content (AvgIpc) is 2.16. The van der Waals surface area contributed by atoms with E-state index in [1.54, 1.807) is 0 Å². The average molecular weight is 230 g/mol. The number of nitrogens with two attached hydrogens (primary N) is 1. The van der Waals surface area contributed by atoms with E-state index in [-0.39, 0.29) is 0 Å². The van der Waals surface area contributed by atoms with Gasteiger partial charge in [-0.1, -0.05) is 13.8 Å². The minimum atomic E-state index is -0.745. The number of carbonyl (C=O) groups excluding carboxylic acids is 1. The molecule has 1 amide bonds. The van der Waals surface area contributed by atoms with E-state index in [1.165, 1.54) is 26.5 Å². The molecule has 0 aromatic rings. The van der Waals surface area contributed by atoms with Crippen LogP contribution in [0.1, 0.15) is 40.5 Å². The number of carbonyl (C=O) groups is 1. The molecule has 0 atom stereocenters. The third-order valence-corrected chi connectivity index (χ3v) is 4.11. The number of primary amides is 1. The molecular weight excluding hydrogens is 204 g/mol. The van der Waals surface area contributed by atoms with Crippen molar-refractivity contribution in [3.63, 3.8) is 0 Å². The van der Waals surface area contributed by atoms with Crippen LogP contribution in [0, 0.1) is 5.41 Å². The number of rotatable bonds is 0. The molecule has 0 unspecified atom stereocenters. The first-order chi connectivity index (χ1) is 7.15. The Kier molecular flexibility index (Phi) is 5.26. The summed E-state index contributed by atoms with van der Waals surface area (Å²) in [5.41, 5.74) is 5.27. The van der Waals surface area contributed by atoms with Crippen LogP contribution in [-0.2, 0) is 4.74 Å². The molecule has 16 heavy (non-hydrogen) atoms. The van der Waals surface area contributed by atoms with E-state index in [1.807, 2.05) is 0 Å². The van der Waals surface area contributed by atoms with Crippen LogP contribution in [-0.4, -0.2) is 37.2 Å². The third kappa shape index (κ3) is 3.67. The highest BCUT2D eigenvalue weighted by molar-refractivity contribution is 5.64. The van der Waals surface area contributed by atoms with E-state index in [0.717, 1.165) is 0 Å². The Hall–Kier alpha value is -0.770. The number of piperidine rings is 1. The maximum atomic E-state index is 9.37. The van der Waals surface area contributed by atoms with Crippen LogP contribution >= 0.6 is 0 Å². The highest BCUT2D eigenvalue weighted by Gasteiger charge is 2.42. The molecule has 1 saturated heterocycles. The summed E-state index contributed by atoms with van der Waals surface area (Å²) < 4.78 is 3.89. The first kappa shape index (κ1) is 15.2. The van der Waals surface area contributed by atoms with Crippen LogP contribution in [0.15, 0.2) is 0 Å². The monoisotopic (exact) mass is 230 g/mol. The fourth-order valence-electron chi connectivity index (χ4n) is 1.86. The fraction of sp³-hybridized carbons (Fsp3) is 0.917. The second-order valence-corrected chi connectivity index (χ2v) is 5.49. The van der Waals surface area contributed by atoms with Gasteiger partial charge in [0.2, 0.25) is 0 Å². The summed E-state index contributed by atoms with van der Waals surface area (Å²) in [7, 11) is 3.46. The number of nitrogens with zero attached hydrogens (tertiary/aromatic N) is 1. The second kappa shape index (κ2) is 5.53. The zero-order valence-corrected chi connectivity index (χ0v) is 11.5. The standard InChI is InChI=1S/C10H21N.C2H5NO2/c1-9(2)7-6-8-11(5)10(9,3)4;1-5-2(3)4/h6-8H2,1-5H3;1H3,(H2,3,4). The number of methoxy groups -OCH3 is 1. The molecule has 1 rings (SSSR count). The summed E-state index contributed by atoms with van der Waals surface area (Å²) in [6.45, 7) is 10.7. The van der Waals surface area contributed by atoms with Gasteiger partial charge in [-0.05, 0) is 45.7 Å². The predicted octanol–water partition coefficient (Wildman–Crippen LogP) is 2.23. The van der Waals surface area contributed by atoms with Crippen molar-refractivity contribution >= 4 is 6.09 Å². The highest BCUT2D eigenvalue weighted by Crippen LogP contribution is 2.42. The molecule has 0 aromatic carbocycles. The molecule has 0 saturated carbocycles. The van der Waals surface area contributed by atoms with Gasteiger partial charge < -0.3 is 15.4 Å². The lowest BCUT2D eigenvalue weighted by molar-refractivity contribution is -0.0121. The van der Waals surface area contributed by atoms with E-state index in [2.05, 4.69) is 50.1 Å². The van der Waals surface area contributed by atoms with Gasteiger partial charge in [0.1, 0.15) is 0 Å². The third-order valence-electron chi connectivity index (χ3n) is 4.11. The Balaban J connectivity index is 0.000000385. The Morgan fingerprint density at radius 3 is 2.00 bits per heavy atom. The smallest absolute Gasteiger partial charge is 0.404 e. The van der Waals surface area contributed by atoms with Gasteiger partial charge >= 0.3 is 6.09 Å². The van der Waals surface area contributed by atoms with Gasteiger partial charge in [-0.2, -0.15) is 0 Å². The molecule has 4 nitrogen and oxygen atoms in total. The lowest BCUT2D eigenvalue weighted by Crippen LogP contribution is -2.55. The maximum absolute atomic E-state index is 9.37. The minimum absolute atomic E-state index is 0.366. The number of amides is 1. The molecule has 0 aliphatic carbocycles. The normalized spacial score (nSPS) is 22.9. The van der Waals surface area contributed by atoms with Crippen molar-refractivity contribution in [2.24, 2.45) is 11.1 Å². The Morgan fingerprint density at radius 1 is 1.31 bits per heavy atom. The van der Waals surface area contributed by atoms with Crippen molar-refractivity contribution in [2.75, 3.05) is 20.7 Å². The topological polar surface area (TPSA) is 55.6 Å². The van der Waals surface area contributed by atoms with Crippen LogP contribution in [0.5, 0.6) is 0 Å². The molecule has 1 fully saturated rings. The number of hydrogen-bond acceptors (Lipinski definition) is 3. The summed E-state index contributed by atoms with van der Waals surface area (Å²) >= 11 is 0. The first-order valence-electron chi connectivity index (χ1n) is 5.70. The molecule has 1 aliphatic heterocycles. The van der Waals surface area contributed by atoms with Gasteiger partial charge in [0, 0.05) is 5.54 Å². The van der Waals surface area contributed by atoms with E-state index in [4.69, 9.17) is 0 Å². The molecule has 1 aliphatic rings. The summed E-state index contributed by atoms with van der Waals surface area (Å²) in [4.78, 5) is 11.9. The predicted molar refractivity (Wildman–Crippen MR) is 66.3 cm³/mol. The Morgan fingerprint density at radius 2 is 1.75 bits per heavy atom. The van der Waals surface area contributed by atoms with Gasteiger partial charge in [0.15, 0.2) is 0 Å². The highest BCUT2D eigenvalue weighted by atomic mass is 16.5. The molecule has 1 heterocycles. The van der Waals surface area contributed by atoms with Crippen LogP contribution in [0.4, 0.5) is 4.79 Å². The quantitative estimate of drug-likeness (QED) is 0.694. The van der Waals surface area contributed by atoms with Gasteiger partial charge in [-0.3, -0.25) is 0 Å². The molecule has 2 N–H and O–H groups in total. The summed E-state index contributed by atoms with van der Waals surface area (Å²) in [6.07, 6.45) is 1.97. The number of hydrogen-bond donors (Lipinski definition) is 1. The van der Waals surface area contributed by atoms with Crippen molar-refractivity contribution in [1.82, 2.24) is 4.90 Å². The molecule has 0 radical (unpaired) electrons. The minimum Gasteiger partial charge on any atom is -0.453 e. The number of likely N-dealkylation sites (tertiary alicyclic amines) is 1. The zero-order chi connectivity index (χ0) is 13.0. The van der Waals surface area contributed by atoms with Crippen LogP contribution < -0.4 is 5.73 Å². The fourth-order valence-corrected chi connectivity index (χ4v) is 1.86. The van der Waals surface area contributed by atoms with Crippen molar-refractivity contribution in [2.45, 2.75) is 46.1 Å². The molecule has 0 spiro atoms. The van der Waals surface area contributed by atoms with E-state index >= 15 is 0 Å². The van der Waals surface area contributed by atoms with E-state index < -0.39 is 6.09 Å². The van der Waals surface area contributed by atoms with Crippen LogP contribution in [0.3, 0.4) is 0 Å². The lowest BCUT2D eigenvalue weighted by Gasteiger charge is -2.52. The molecular formula is C12H26N2O2. The SMILES string of the molecule is CN1CCCC(C)(C)C1(C)C.COC(N)=O. The molecule has 0 bridgehead atoms. The van der Waals surface area contributed by atoms with Crippen molar-refractivity contribution in [3.05, 3.63) is 0 Å². The van der Waals surface area contributed by atoms with Gasteiger partial charge in [0.05, 0.1) is 7.11 Å². The molecule has 0 aromatic heterocycles. The second-order valence-electron chi connectivity index (χ2n) is 5.49. The van der Waals surface area contributed by atoms with E-state index in [0.29, 0.717) is 11.0 Å². The van der Waals surface area contributed by atoms with Crippen molar-refractivity contribution in [1.29, 1.82) is 0 Å². The summed E-state index contributed by atoms with van der Waals surface area (Å²) in [6, 6.07) is 0. The zero-order valence-electron chi connectivity index (χ0n) is 11.5. The molecule has 4 heteroatoms. The largest absolute Gasteiger partial charge is 0.453 e.